The number of alkyl carbamates (subject to hydrolysis) is 1. The van der Waals surface area contributed by atoms with E-state index in [1.54, 1.807) is 0 Å². The highest BCUT2D eigenvalue weighted by atomic mass is 16.8. The van der Waals surface area contributed by atoms with Gasteiger partial charge in [-0.1, -0.05) is 91.2 Å². The maximum atomic E-state index is 13.0. The lowest BCUT2D eigenvalue weighted by Gasteiger charge is -2.58. The van der Waals surface area contributed by atoms with Crippen molar-refractivity contribution < 1.29 is 168 Å². The molecule has 2 amide bonds. The summed E-state index contributed by atoms with van der Waals surface area (Å²) in [5.74, 6) is 4.38. The summed E-state index contributed by atoms with van der Waals surface area (Å²) in [6.45, 7) is 9.02. The maximum absolute atomic E-state index is 13.0. The smallest absolute Gasteiger partial charge is 0.407 e. The lowest BCUT2D eigenvalue weighted by Crippen LogP contribution is -2.68. The molecule has 0 unspecified atom stereocenters. The zero-order chi connectivity index (χ0) is 91.2. The van der Waals surface area contributed by atoms with E-state index < -0.39 is 241 Å². The number of hydrogen-bond acceptors (Lipinski definition) is 39. The van der Waals surface area contributed by atoms with E-state index in [-0.39, 0.29) is 54.9 Å². The average Bonchev–Trinajstić information content (AvgIpc) is 1.47. The number of hydrogen-bond donors (Lipinski definition) is 24. The number of unbranched alkanes of at least 4 members (excludes halogenated alkanes) is 6. The van der Waals surface area contributed by atoms with Gasteiger partial charge in [-0.2, -0.15) is 0 Å². The third-order valence-electron chi connectivity index (χ3n) is 28.3. The molecule has 41 nitrogen and oxygen atoms in total. The summed E-state index contributed by atoms with van der Waals surface area (Å²) in [5.41, 5.74) is 1.18. The van der Waals surface area contributed by atoms with Crippen molar-refractivity contribution in [3.05, 3.63) is 32.1 Å². The average molecular weight is 1810 g/mol. The summed E-state index contributed by atoms with van der Waals surface area (Å²) in [7, 11) is 0. The van der Waals surface area contributed by atoms with Crippen molar-refractivity contribution in [2.45, 2.75) is 353 Å². The number of anilines is 2. The highest BCUT2D eigenvalue weighted by molar-refractivity contribution is 5.76. The fourth-order valence-corrected chi connectivity index (χ4v) is 20.9. The molecule has 9 fully saturated rings. The van der Waals surface area contributed by atoms with E-state index in [9.17, 15) is 116 Å². The molecule has 724 valence electrons. The Morgan fingerprint density at radius 1 is 0.444 bits per heavy atom. The first-order chi connectivity index (χ1) is 60.2. The second-order valence-electron chi connectivity index (χ2n) is 37.1. The number of carbonyl (C=O) groups is 2. The van der Waals surface area contributed by atoms with E-state index in [4.69, 9.17) is 61.6 Å². The van der Waals surface area contributed by atoms with Crippen molar-refractivity contribution in [1.82, 2.24) is 16.0 Å². The van der Waals surface area contributed by atoms with Crippen LogP contribution in [0, 0.1) is 46.3 Å². The summed E-state index contributed by atoms with van der Waals surface area (Å²) < 4.78 is 75.6. The van der Waals surface area contributed by atoms with E-state index in [1.807, 2.05) is 0 Å². The topological polar surface area (TPSA) is 633 Å². The van der Waals surface area contributed by atoms with Gasteiger partial charge in [0.15, 0.2) is 37.7 Å². The molecule has 6 aliphatic heterocycles. The van der Waals surface area contributed by atoms with Crippen LogP contribution in [-0.2, 0) is 66.4 Å². The molecule has 10 aliphatic rings. The van der Waals surface area contributed by atoms with Crippen LogP contribution in [0.5, 0.6) is 0 Å². The summed E-state index contributed by atoms with van der Waals surface area (Å²) in [4.78, 5) is 50.9. The van der Waals surface area contributed by atoms with Crippen LogP contribution in [0.15, 0.2) is 21.2 Å². The van der Waals surface area contributed by atoms with E-state index in [0.717, 1.165) is 61.7 Å². The van der Waals surface area contributed by atoms with Gasteiger partial charge in [-0.05, 0) is 124 Å². The molecule has 4 aliphatic carbocycles. The van der Waals surface area contributed by atoms with Crippen LogP contribution in [0.25, 0.3) is 0 Å². The third-order valence-corrected chi connectivity index (χ3v) is 28.3. The number of allylic oxidation sites excluding steroid dienone is 1. The SMILES string of the molecule is CC(C)CCC[C@@H](C)[C@H]1CC[C@H]2[C@@H]3CC=C4C[C@@H](OC(=O)NCCNCCCCNc5c(NCCNC(=O)CCCCCCCCO[C@@H]6O[C@H](CO[C@H]7O[C@H](CO)[C@@H](O)[C@H](O[C@H]8O[C@H](CO)[C@@H](O)[C@H](O)[C@@H]8O)[C@@H]7O)[C@@H](O)[C@H](O[C@H]7O[C@H](CO)[C@@H](O)[C@H](O)[C@@H]7O[C@H]7O[C@H](CO)[C@@H](O)[C@H](O[C@H]8O[C@H](CO)[C@@H](O)[C@H](O)[C@@H]8O)[C@@H]7O)[C@@H]6O)c(=O)c5=O)CC[C@]4(C)[C@H]3CC[C@]12C. The Hall–Kier alpha value is -4.12. The van der Waals surface area contributed by atoms with E-state index in [0.29, 0.717) is 82.5 Å². The van der Waals surface area contributed by atoms with Gasteiger partial charge in [-0.25, -0.2) is 4.79 Å². The highest BCUT2D eigenvalue weighted by Crippen LogP contribution is 2.67. The van der Waals surface area contributed by atoms with Crippen molar-refractivity contribution in [3.63, 3.8) is 0 Å². The predicted octanol–water partition coefficient (Wildman–Crippen LogP) is -4.60. The molecule has 0 bridgehead atoms. The van der Waals surface area contributed by atoms with Gasteiger partial charge in [-0.3, -0.25) is 14.4 Å². The fourth-order valence-electron chi connectivity index (χ4n) is 20.9. The Morgan fingerprint density at radius 3 is 1.52 bits per heavy atom. The van der Waals surface area contributed by atoms with Gasteiger partial charge in [-0.15, -0.1) is 0 Å². The maximum Gasteiger partial charge on any atom is 0.407 e. The number of aliphatic hydroxyl groups excluding tert-OH is 19. The molecule has 38 atom stereocenters. The number of ether oxygens (including phenoxy) is 13. The number of fused-ring (bicyclic) bond motifs is 5. The number of nitrogens with one attached hydrogen (secondary N) is 5. The molecule has 0 aromatic heterocycles. The monoisotopic (exact) mass is 1810 g/mol. The first-order valence-corrected chi connectivity index (χ1v) is 45.5. The van der Waals surface area contributed by atoms with Crippen LogP contribution < -0.4 is 37.4 Å². The van der Waals surface area contributed by atoms with Gasteiger partial charge < -0.3 is 185 Å². The molecule has 3 saturated carbocycles. The molecule has 6 saturated heterocycles. The molecule has 6 heterocycles. The van der Waals surface area contributed by atoms with Crippen LogP contribution in [0.4, 0.5) is 16.2 Å². The molecule has 1 aromatic rings. The number of aliphatic hydroxyl groups is 19. The normalized spacial score (nSPS) is 41.6. The molecule has 1 aromatic carbocycles. The quantitative estimate of drug-likeness (QED) is 0.0166. The minimum Gasteiger partial charge on any atom is -0.446 e. The summed E-state index contributed by atoms with van der Waals surface area (Å²) in [6.07, 6.45) is -37.7. The lowest BCUT2D eigenvalue weighted by atomic mass is 9.47. The second kappa shape index (κ2) is 47.2. The van der Waals surface area contributed by atoms with Crippen LogP contribution in [0.3, 0.4) is 0 Å². The van der Waals surface area contributed by atoms with Gasteiger partial charge in [0.1, 0.15) is 164 Å². The van der Waals surface area contributed by atoms with Crippen molar-refractivity contribution in [2.75, 3.05) is 96.2 Å². The van der Waals surface area contributed by atoms with Crippen molar-refractivity contribution in [2.24, 2.45) is 46.3 Å². The number of amides is 2. The third kappa shape index (κ3) is 24.0. The van der Waals surface area contributed by atoms with Crippen LogP contribution in [-0.4, -0.2) is 385 Å². The van der Waals surface area contributed by atoms with Gasteiger partial charge in [0, 0.05) is 52.2 Å². The Bertz CT molecular complexity index is 3590. The van der Waals surface area contributed by atoms with Crippen molar-refractivity contribution in [3.8, 4) is 0 Å². The minimum absolute atomic E-state index is 0.131. The number of rotatable bonds is 45. The van der Waals surface area contributed by atoms with Gasteiger partial charge in [0.05, 0.1) is 39.6 Å². The Labute approximate surface area is 732 Å². The standard InChI is InChI=1S/C85H143N5O36/c1-40(2)15-14-16-41(3)45-20-21-46-44-19-18-42-33-43(22-24-84(42,4)47(44)23-25-85(45,46)5)116-83(113)90-29-28-86-26-11-12-27-88-55-56(64(104)63(55)103)89-31-30-87-54(96)17-10-8-6-7-9-13-32-114-77-70(110)75(62(102)53(122-77)39-115-78-71(111)73(60(100)51(37-94)117-78)123-79-68(108)65(105)57(97)48(34-91)118-79)125-82-76(67(107)59(99)50(36-93)121-82)126-81-72(112)74(61(101)52(38-95)120-81)124-80-69(109)66(106)58(98)49(35-92)119-80/h18,40-41,43-53,57-62,65-82,86,88-89,91-95,97-102,105-112H,6-17,19-39H2,1-5H3,(H,87,96)(H,90,113)/t41-,43+,44+,45-,46+,47+,48-,49-,50-,51-,52-,53-,57-,58-,59-,60-,61-,62-,65+,66+,67+,68+,69+,70+,71+,72+,73+,74+,75+,76+,77-,78+,79-,80-,81-,82-,84+,85-/m1/s1. The predicted molar refractivity (Wildman–Crippen MR) is 440 cm³/mol. The molecule has 24 N–H and O–H groups in total. The van der Waals surface area contributed by atoms with Gasteiger partial charge in [0.25, 0.3) is 10.9 Å². The van der Waals surface area contributed by atoms with E-state index in [1.165, 1.54) is 50.5 Å². The van der Waals surface area contributed by atoms with E-state index >= 15 is 0 Å². The Kier molecular flexibility index (Phi) is 38.3. The van der Waals surface area contributed by atoms with E-state index in [2.05, 4.69) is 67.3 Å². The zero-order valence-corrected chi connectivity index (χ0v) is 72.7. The first-order valence-electron chi connectivity index (χ1n) is 45.5. The number of carbonyl (C=O) groups excluding carboxylic acids is 2. The Balaban J connectivity index is 0.597. The molecule has 41 heteroatoms. The summed E-state index contributed by atoms with van der Waals surface area (Å²) in [6, 6.07) is 0. The van der Waals surface area contributed by atoms with Crippen LogP contribution >= 0.6 is 0 Å². The molecule has 126 heavy (non-hydrogen) atoms. The highest BCUT2D eigenvalue weighted by Gasteiger charge is 2.62. The largest absolute Gasteiger partial charge is 0.446 e. The second-order valence-corrected chi connectivity index (χ2v) is 37.1. The van der Waals surface area contributed by atoms with Crippen LogP contribution in [0.2, 0.25) is 0 Å². The molecular weight excluding hydrogens is 1670 g/mol. The molecular formula is C85H143N5O36. The molecule has 0 radical (unpaired) electrons. The van der Waals surface area contributed by atoms with Crippen molar-refractivity contribution in [1.29, 1.82) is 0 Å². The van der Waals surface area contributed by atoms with Gasteiger partial charge >= 0.3 is 6.09 Å². The fraction of sp³-hybridized carbons (Fsp3) is 0.906. The summed E-state index contributed by atoms with van der Waals surface area (Å²) >= 11 is 0. The molecule has 11 rings (SSSR count). The Morgan fingerprint density at radius 2 is 0.929 bits per heavy atom. The first kappa shape index (κ1) is 102. The zero-order valence-electron chi connectivity index (χ0n) is 72.7. The van der Waals surface area contributed by atoms with Crippen molar-refractivity contribution >= 4 is 23.4 Å². The van der Waals surface area contributed by atoms with Gasteiger partial charge in [0.2, 0.25) is 5.91 Å². The minimum atomic E-state index is -2.23. The lowest BCUT2D eigenvalue weighted by molar-refractivity contribution is -0.399. The summed E-state index contributed by atoms with van der Waals surface area (Å²) in [5, 5.41) is 222. The van der Waals surface area contributed by atoms with Crippen LogP contribution in [0.1, 0.15) is 163 Å². The molecule has 0 spiro atoms.